The van der Waals surface area contributed by atoms with Gasteiger partial charge in [0.25, 0.3) is 0 Å². The zero-order chi connectivity index (χ0) is 22.0. The molecule has 1 aliphatic rings. The number of nitrogens with zero attached hydrogens (tertiary/aromatic N) is 2. The second-order valence-corrected chi connectivity index (χ2v) is 8.38. The standard InChI is InChI=1S/C25H27FN2O3/c1-16(2)25-22(18-4-3-10-27-15-18)14-23(17-5-7-19(26)8-6-17)28(25)11-9-21-12-20(29)13-24(30)31-21/h3-8,10,14-16,20-21,29H,9,11-13H2,1-2H3/t20-,21-/m1/s1. The second kappa shape index (κ2) is 9.02. The van der Waals surface area contributed by atoms with Gasteiger partial charge in [-0.15, -0.1) is 0 Å². The Morgan fingerprint density at radius 3 is 2.65 bits per heavy atom. The van der Waals surface area contributed by atoms with Crippen LogP contribution in [0.2, 0.25) is 0 Å². The Hall–Kier alpha value is -2.99. The maximum atomic E-state index is 13.6. The molecule has 3 heterocycles. The third kappa shape index (κ3) is 4.69. The van der Waals surface area contributed by atoms with E-state index in [0.717, 1.165) is 28.1 Å². The van der Waals surface area contributed by atoms with Crippen molar-refractivity contribution in [2.24, 2.45) is 0 Å². The molecule has 0 radical (unpaired) electrons. The smallest absolute Gasteiger partial charge is 0.308 e. The molecule has 4 rings (SSSR count). The Morgan fingerprint density at radius 1 is 1.23 bits per heavy atom. The minimum atomic E-state index is -0.650. The molecule has 162 valence electrons. The first-order chi connectivity index (χ1) is 14.9. The van der Waals surface area contributed by atoms with Crippen LogP contribution in [0.5, 0.6) is 0 Å². The molecule has 0 aliphatic carbocycles. The lowest BCUT2D eigenvalue weighted by atomic mass is 10.00. The van der Waals surface area contributed by atoms with Gasteiger partial charge in [0.2, 0.25) is 0 Å². The van der Waals surface area contributed by atoms with Gasteiger partial charge in [-0.3, -0.25) is 9.78 Å². The molecule has 1 fully saturated rings. The van der Waals surface area contributed by atoms with E-state index in [1.165, 1.54) is 12.1 Å². The summed E-state index contributed by atoms with van der Waals surface area (Å²) in [5.41, 5.74) is 5.15. The van der Waals surface area contributed by atoms with Crippen molar-refractivity contribution in [2.45, 2.75) is 57.8 Å². The molecular weight excluding hydrogens is 395 g/mol. The Bertz CT molecular complexity index is 1040. The molecule has 31 heavy (non-hydrogen) atoms. The molecule has 0 saturated carbocycles. The van der Waals surface area contributed by atoms with Crippen LogP contribution >= 0.6 is 0 Å². The van der Waals surface area contributed by atoms with Gasteiger partial charge in [-0.1, -0.05) is 19.9 Å². The van der Waals surface area contributed by atoms with Crippen LogP contribution in [-0.2, 0) is 16.1 Å². The van der Waals surface area contributed by atoms with Crippen molar-refractivity contribution in [1.29, 1.82) is 0 Å². The minimum absolute atomic E-state index is 0.0588. The molecule has 5 nitrogen and oxygen atoms in total. The van der Waals surface area contributed by atoms with E-state index in [9.17, 15) is 14.3 Å². The summed E-state index contributed by atoms with van der Waals surface area (Å²) in [5, 5.41) is 9.95. The molecule has 0 spiro atoms. The first-order valence-corrected chi connectivity index (χ1v) is 10.7. The molecule has 1 N–H and O–H groups in total. The highest BCUT2D eigenvalue weighted by Crippen LogP contribution is 2.37. The van der Waals surface area contributed by atoms with Gasteiger partial charge in [0.15, 0.2) is 0 Å². The number of aromatic nitrogens is 2. The number of hydrogen-bond acceptors (Lipinski definition) is 4. The highest BCUT2D eigenvalue weighted by atomic mass is 19.1. The Kier molecular flexibility index (Phi) is 6.18. The first kappa shape index (κ1) is 21.2. The Labute approximate surface area is 181 Å². The molecule has 3 aromatic rings. The molecule has 2 atom stereocenters. The summed E-state index contributed by atoms with van der Waals surface area (Å²) < 4.78 is 21.2. The highest BCUT2D eigenvalue weighted by molar-refractivity contribution is 5.75. The maximum absolute atomic E-state index is 13.6. The average molecular weight is 423 g/mol. The zero-order valence-electron chi connectivity index (χ0n) is 17.8. The number of halogens is 1. The van der Waals surface area contributed by atoms with Crippen LogP contribution in [0.1, 0.15) is 44.7 Å². The van der Waals surface area contributed by atoms with Crippen molar-refractivity contribution in [1.82, 2.24) is 9.55 Å². The first-order valence-electron chi connectivity index (χ1n) is 10.7. The normalized spacial score (nSPS) is 18.9. The summed E-state index contributed by atoms with van der Waals surface area (Å²) in [6.45, 7) is 4.90. The number of benzene rings is 1. The number of pyridine rings is 1. The third-order valence-electron chi connectivity index (χ3n) is 5.71. The Morgan fingerprint density at radius 2 is 2.00 bits per heavy atom. The summed E-state index contributed by atoms with van der Waals surface area (Å²) in [5.74, 6) is -0.402. The van der Waals surface area contributed by atoms with Crippen molar-refractivity contribution in [2.75, 3.05) is 0 Å². The average Bonchev–Trinajstić information content (AvgIpc) is 3.12. The van der Waals surface area contributed by atoms with Gasteiger partial charge in [-0.05, 0) is 47.9 Å². The van der Waals surface area contributed by atoms with Gasteiger partial charge in [0, 0.05) is 54.3 Å². The number of carbonyl (C=O) groups excluding carboxylic acids is 1. The fourth-order valence-corrected chi connectivity index (χ4v) is 4.35. The van der Waals surface area contributed by atoms with Crippen LogP contribution in [0.25, 0.3) is 22.4 Å². The monoisotopic (exact) mass is 422 g/mol. The molecule has 6 heteroatoms. The Balaban J connectivity index is 1.76. The number of cyclic esters (lactones) is 1. The largest absolute Gasteiger partial charge is 0.462 e. The van der Waals surface area contributed by atoms with E-state index in [1.807, 2.05) is 18.3 Å². The van der Waals surface area contributed by atoms with Crippen molar-refractivity contribution < 1.29 is 19.0 Å². The number of ether oxygens (including phenoxy) is 1. The lowest BCUT2D eigenvalue weighted by Gasteiger charge is -2.27. The highest BCUT2D eigenvalue weighted by Gasteiger charge is 2.28. The van der Waals surface area contributed by atoms with Gasteiger partial charge in [0.05, 0.1) is 12.5 Å². The number of aliphatic hydroxyl groups is 1. The predicted molar refractivity (Wildman–Crippen MR) is 117 cm³/mol. The molecule has 2 aromatic heterocycles. The van der Waals surface area contributed by atoms with E-state index in [1.54, 1.807) is 18.3 Å². The van der Waals surface area contributed by atoms with Crippen molar-refractivity contribution >= 4 is 5.97 Å². The summed E-state index contributed by atoms with van der Waals surface area (Å²) >= 11 is 0. The van der Waals surface area contributed by atoms with E-state index in [2.05, 4.69) is 29.5 Å². The molecular formula is C25H27FN2O3. The van der Waals surface area contributed by atoms with Crippen molar-refractivity contribution in [3.8, 4) is 22.4 Å². The molecule has 1 aromatic carbocycles. The van der Waals surface area contributed by atoms with E-state index < -0.39 is 6.10 Å². The van der Waals surface area contributed by atoms with Crippen LogP contribution in [0.4, 0.5) is 4.39 Å². The number of carbonyl (C=O) groups is 1. The summed E-state index contributed by atoms with van der Waals surface area (Å²) in [6, 6.07) is 12.6. The number of rotatable bonds is 6. The maximum Gasteiger partial charge on any atom is 0.308 e. The number of esters is 1. The van der Waals surface area contributed by atoms with E-state index in [-0.39, 0.29) is 30.2 Å². The molecule has 1 saturated heterocycles. The molecule has 0 unspecified atom stereocenters. The predicted octanol–water partition coefficient (Wildman–Crippen LogP) is 4.94. The van der Waals surface area contributed by atoms with Crippen LogP contribution in [0.15, 0.2) is 54.9 Å². The van der Waals surface area contributed by atoms with Crippen molar-refractivity contribution in [3.05, 3.63) is 66.4 Å². The molecule has 0 bridgehead atoms. The van der Waals surface area contributed by atoms with Crippen LogP contribution in [0.3, 0.4) is 0 Å². The SMILES string of the molecule is CC(C)c1c(-c2cccnc2)cc(-c2ccc(F)cc2)n1CC[C@@H]1C[C@@H](O)CC(=O)O1. The van der Waals surface area contributed by atoms with E-state index in [0.29, 0.717) is 19.4 Å². The van der Waals surface area contributed by atoms with Gasteiger partial charge in [-0.25, -0.2) is 4.39 Å². The van der Waals surface area contributed by atoms with E-state index >= 15 is 0 Å². The fraction of sp³-hybridized carbons (Fsp3) is 0.360. The van der Waals surface area contributed by atoms with Crippen LogP contribution in [-0.4, -0.2) is 32.8 Å². The van der Waals surface area contributed by atoms with Gasteiger partial charge >= 0.3 is 5.97 Å². The summed E-state index contributed by atoms with van der Waals surface area (Å²) in [7, 11) is 0. The minimum Gasteiger partial charge on any atom is -0.462 e. The quantitative estimate of drug-likeness (QED) is 0.572. The fourth-order valence-electron chi connectivity index (χ4n) is 4.35. The number of hydrogen-bond donors (Lipinski definition) is 1. The molecule has 0 amide bonds. The summed E-state index contributed by atoms with van der Waals surface area (Å²) in [4.78, 5) is 16.0. The van der Waals surface area contributed by atoms with E-state index in [4.69, 9.17) is 4.74 Å². The van der Waals surface area contributed by atoms with Gasteiger partial charge in [0.1, 0.15) is 11.9 Å². The van der Waals surface area contributed by atoms with Gasteiger partial charge in [-0.2, -0.15) is 0 Å². The zero-order valence-corrected chi connectivity index (χ0v) is 17.8. The van der Waals surface area contributed by atoms with Crippen LogP contribution in [0, 0.1) is 5.82 Å². The topological polar surface area (TPSA) is 64.3 Å². The lowest BCUT2D eigenvalue weighted by molar-refractivity contribution is -0.160. The third-order valence-corrected chi connectivity index (χ3v) is 5.71. The lowest BCUT2D eigenvalue weighted by Crippen LogP contribution is -2.33. The van der Waals surface area contributed by atoms with Gasteiger partial charge < -0.3 is 14.4 Å². The molecule has 1 aliphatic heterocycles. The second-order valence-electron chi connectivity index (χ2n) is 8.38. The van der Waals surface area contributed by atoms with Crippen LogP contribution < -0.4 is 0 Å². The number of aliphatic hydroxyl groups excluding tert-OH is 1. The summed E-state index contributed by atoms with van der Waals surface area (Å²) in [6.07, 6.45) is 3.73. The van der Waals surface area contributed by atoms with Crippen molar-refractivity contribution in [3.63, 3.8) is 0 Å².